The molecule has 0 saturated heterocycles. The summed E-state index contributed by atoms with van der Waals surface area (Å²) < 4.78 is 1.78. The number of para-hydroxylation sites is 2. The molecule has 2 N–H and O–H groups in total. The normalized spacial score (nSPS) is 12.1. The molecule has 0 aliphatic rings. The minimum Gasteiger partial charge on any atom is -0.321 e. The second-order valence-corrected chi connectivity index (χ2v) is 12.1. The van der Waals surface area contributed by atoms with E-state index in [1.54, 1.807) is 47.0 Å². The third kappa shape index (κ3) is 6.82. The number of benzene rings is 5. The number of carbonyl (C=O) groups is 3. The molecule has 0 saturated carbocycles. The van der Waals surface area contributed by atoms with E-state index in [1.807, 2.05) is 67.6 Å². The van der Waals surface area contributed by atoms with E-state index in [4.69, 9.17) is 0 Å². The first kappa shape index (κ1) is 31.0. The molecule has 0 aliphatic carbocycles. The van der Waals surface area contributed by atoms with Crippen molar-refractivity contribution in [2.75, 3.05) is 5.32 Å². The van der Waals surface area contributed by atoms with E-state index in [1.165, 1.54) is 42.1 Å². The molecule has 232 valence electrons. The van der Waals surface area contributed by atoms with Crippen molar-refractivity contribution in [3.8, 4) is 0 Å². The SMILES string of the molecule is CC(Sc1ccc(NC(=O)/C(=C/c2ccc([N+](=O)[O-])cc2)NC(=O)c2ccccc2)cc1)C(=O)n1c2ccccc2c2ccccc21. The van der Waals surface area contributed by atoms with Gasteiger partial charge >= 0.3 is 0 Å². The summed E-state index contributed by atoms with van der Waals surface area (Å²) >= 11 is 1.41. The van der Waals surface area contributed by atoms with Crippen LogP contribution in [0.3, 0.4) is 0 Å². The van der Waals surface area contributed by atoms with Gasteiger partial charge in [-0.25, -0.2) is 0 Å². The highest BCUT2D eigenvalue weighted by molar-refractivity contribution is 8.00. The monoisotopic (exact) mass is 640 g/mol. The summed E-state index contributed by atoms with van der Waals surface area (Å²) in [5.41, 5.74) is 2.91. The summed E-state index contributed by atoms with van der Waals surface area (Å²) in [5, 5.41) is 18.2. The van der Waals surface area contributed by atoms with Crippen molar-refractivity contribution in [3.05, 3.63) is 154 Å². The van der Waals surface area contributed by atoms with E-state index in [0.29, 0.717) is 16.8 Å². The molecule has 1 aromatic heterocycles. The second-order valence-electron chi connectivity index (χ2n) is 10.7. The average molecular weight is 641 g/mol. The summed E-state index contributed by atoms with van der Waals surface area (Å²) in [6.07, 6.45) is 1.45. The molecule has 0 fully saturated rings. The minimum atomic E-state index is -0.581. The lowest BCUT2D eigenvalue weighted by Crippen LogP contribution is -2.30. The number of hydrogen-bond acceptors (Lipinski definition) is 6. The van der Waals surface area contributed by atoms with Gasteiger partial charge in [0, 0.05) is 39.1 Å². The van der Waals surface area contributed by atoms with Gasteiger partial charge in [-0.2, -0.15) is 0 Å². The average Bonchev–Trinajstić information content (AvgIpc) is 3.43. The molecule has 0 spiro atoms. The molecule has 47 heavy (non-hydrogen) atoms. The van der Waals surface area contributed by atoms with Gasteiger partial charge < -0.3 is 10.6 Å². The van der Waals surface area contributed by atoms with Crippen molar-refractivity contribution in [2.24, 2.45) is 0 Å². The van der Waals surface area contributed by atoms with E-state index in [2.05, 4.69) is 10.6 Å². The summed E-state index contributed by atoms with van der Waals surface area (Å²) in [6, 6.07) is 36.9. The molecule has 1 atom stereocenters. The summed E-state index contributed by atoms with van der Waals surface area (Å²) in [5.74, 6) is -1.11. The molecule has 9 nitrogen and oxygen atoms in total. The molecule has 0 radical (unpaired) electrons. The lowest BCUT2D eigenvalue weighted by molar-refractivity contribution is -0.384. The molecule has 1 unspecified atom stereocenters. The van der Waals surface area contributed by atoms with Gasteiger partial charge in [-0.05, 0) is 79.2 Å². The molecule has 0 bridgehead atoms. The quantitative estimate of drug-likeness (QED) is 0.0716. The number of thioether (sulfide) groups is 1. The van der Waals surface area contributed by atoms with E-state index in [0.717, 1.165) is 26.7 Å². The molecule has 6 rings (SSSR count). The van der Waals surface area contributed by atoms with Crippen molar-refractivity contribution in [1.29, 1.82) is 0 Å². The van der Waals surface area contributed by atoms with Crippen molar-refractivity contribution in [3.63, 3.8) is 0 Å². The highest BCUT2D eigenvalue weighted by Crippen LogP contribution is 2.32. The van der Waals surface area contributed by atoms with Crippen LogP contribution in [-0.2, 0) is 4.79 Å². The number of anilines is 1. The molecular formula is C37H28N4O5S. The fourth-order valence-corrected chi connectivity index (χ4v) is 6.12. The van der Waals surface area contributed by atoms with E-state index < -0.39 is 22.0 Å². The first-order valence-corrected chi connectivity index (χ1v) is 15.6. The third-order valence-electron chi connectivity index (χ3n) is 7.52. The fraction of sp³-hybridized carbons (Fsp3) is 0.0541. The van der Waals surface area contributed by atoms with Crippen LogP contribution >= 0.6 is 11.8 Å². The fourth-order valence-electron chi connectivity index (χ4n) is 5.21. The van der Waals surface area contributed by atoms with Gasteiger partial charge in [-0.1, -0.05) is 54.6 Å². The lowest BCUT2D eigenvalue weighted by atomic mass is 10.1. The van der Waals surface area contributed by atoms with Gasteiger partial charge in [0.2, 0.25) is 5.91 Å². The largest absolute Gasteiger partial charge is 0.321 e. The number of fused-ring (bicyclic) bond motifs is 3. The Morgan fingerprint density at radius 1 is 0.766 bits per heavy atom. The Morgan fingerprint density at radius 3 is 1.94 bits per heavy atom. The van der Waals surface area contributed by atoms with Crippen LogP contribution in [0.15, 0.2) is 138 Å². The van der Waals surface area contributed by atoms with Crippen LogP contribution in [0.5, 0.6) is 0 Å². The zero-order chi connectivity index (χ0) is 32.9. The zero-order valence-electron chi connectivity index (χ0n) is 25.1. The smallest absolute Gasteiger partial charge is 0.272 e. The highest BCUT2D eigenvalue weighted by Gasteiger charge is 2.22. The molecule has 1 heterocycles. The van der Waals surface area contributed by atoms with Crippen molar-refractivity contribution in [2.45, 2.75) is 17.1 Å². The van der Waals surface area contributed by atoms with E-state index in [-0.39, 0.29) is 17.3 Å². The Balaban J connectivity index is 1.18. The number of nitrogens with zero attached hydrogens (tertiary/aromatic N) is 2. The number of amides is 2. The number of rotatable bonds is 9. The molecule has 0 aliphatic heterocycles. The minimum absolute atomic E-state index is 0.0417. The number of hydrogen-bond donors (Lipinski definition) is 2. The van der Waals surface area contributed by atoms with Gasteiger partial charge in [0.1, 0.15) is 5.70 Å². The van der Waals surface area contributed by atoms with Crippen LogP contribution in [0, 0.1) is 10.1 Å². The first-order valence-electron chi connectivity index (χ1n) is 14.7. The topological polar surface area (TPSA) is 123 Å². The first-order chi connectivity index (χ1) is 22.8. The Labute approximate surface area is 274 Å². The number of carbonyl (C=O) groups excluding carboxylic acids is 3. The van der Waals surface area contributed by atoms with Gasteiger partial charge in [-0.15, -0.1) is 11.8 Å². The van der Waals surface area contributed by atoms with Gasteiger partial charge in [-0.3, -0.25) is 29.1 Å². The Kier molecular flexibility index (Phi) is 8.94. The molecule has 5 aromatic carbocycles. The molecule has 10 heteroatoms. The standard InChI is InChI=1S/C37H28N4O5S/c1-24(37(44)40-33-13-7-5-11-30(33)31-12-6-8-14-34(31)40)47-29-21-17-27(18-22-29)38-36(43)32(39-35(42)26-9-3-2-4-10-26)23-25-15-19-28(20-16-25)41(45)46/h2-24H,1H3,(H,38,43)(H,39,42)/b32-23-. The molecular weight excluding hydrogens is 612 g/mol. The zero-order valence-corrected chi connectivity index (χ0v) is 25.9. The maximum absolute atomic E-state index is 13.7. The van der Waals surface area contributed by atoms with E-state index >= 15 is 0 Å². The van der Waals surface area contributed by atoms with Crippen LogP contribution in [0.2, 0.25) is 0 Å². The van der Waals surface area contributed by atoms with Crippen LogP contribution in [0.4, 0.5) is 11.4 Å². The highest BCUT2D eigenvalue weighted by atomic mass is 32.2. The van der Waals surface area contributed by atoms with Crippen LogP contribution < -0.4 is 10.6 Å². The summed E-state index contributed by atoms with van der Waals surface area (Å²) in [6.45, 7) is 1.87. The van der Waals surface area contributed by atoms with Crippen LogP contribution in [0.25, 0.3) is 27.9 Å². The van der Waals surface area contributed by atoms with Crippen LogP contribution in [0.1, 0.15) is 27.6 Å². The van der Waals surface area contributed by atoms with Crippen LogP contribution in [-0.4, -0.2) is 32.5 Å². The second kappa shape index (κ2) is 13.6. The van der Waals surface area contributed by atoms with E-state index in [9.17, 15) is 24.5 Å². The van der Waals surface area contributed by atoms with Gasteiger partial charge in [0.25, 0.3) is 17.5 Å². The summed E-state index contributed by atoms with van der Waals surface area (Å²) in [4.78, 5) is 51.4. The van der Waals surface area contributed by atoms with Crippen molar-refractivity contribution >= 4 is 68.7 Å². The number of non-ortho nitro benzene ring substituents is 1. The third-order valence-corrected chi connectivity index (χ3v) is 8.62. The predicted octanol–water partition coefficient (Wildman–Crippen LogP) is 7.93. The maximum atomic E-state index is 13.7. The predicted molar refractivity (Wildman–Crippen MR) is 185 cm³/mol. The lowest BCUT2D eigenvalue weighted by Gasteiger charge is -2.14. The Bertz CT molecular complexity index is 2100. The molecule has 6 aromatic rings. The van der Waals surface area contributed by atoms with Crippen molar-refractivity contribution in [1.82, 2.24) is 9.88 Å². The van der Waals surface area contributed by atoms with Gasteiger partial charge in [0.15, 0.2) is 0 Å². The number of aromatic nitrogens is 1. The Morgan fingerprint density at radius 2 is 1.34 bits per heavy atom. The summed E-state index contributed by atoms with van der Waals surface area (Å²) in [7, 11) is 0. The van der Waals surface area contributed by atoms with Crippen molar-refractivity contribution < 1.29 is 19.3 Å². The maximum Gasteiger partial charge on any atom is 0.272 e. The number of nitrogens with one attached hydrogen (secondary N) is 2. The molecule has 2 amide bonds. The number of nitro groups is 1. The van der Waals surface area contributed by atoms with Gasteiger partial charge in [0.05, 0.1) is 21.2 Å². The number of nitro benzene ring substituents is 1. The Hall–Kier alpha value is -6.00.